The van der Waals surface area contributed by atoms with Gasteiger partial charge in [-0.1, -0.05) is 53.0 Å². The molecule has 3 aromatic heterocycles. The molecule has 0 saturated heterocycles. The second kappa shape index (κ2) is 10.4. The molecule has 0 bridgehead atoms. The fourth-order valence-electron chi connectivity index (χ4n) is 3.68. The summed E-state index contributed by atoms with van der Waals surface area (Å²) in [6, 6.07) is 12.2. The van der Waals surface area contributed by atoms with Crippen LogP contribution < -0.4 is 10.1 Å². The molecule has 0 aliphatic heterocycles. The van der Waals surface area contributed by atoms with Crippen LogP contribution in [0.3, 0.4) is 0 Å². The molecule has 0 radical (unpaired) electrons. The maximum atomic E-state index is 14.0. The monoisotopic (exact) mass is 595 g/mol. The molecule has 1 N–H and O–H groups in total. The maximum absolute atomic E-state index is 14.0. The van der Waals surface area contributed by atoms with Gasteiger partial charge in [0.2, 0.25) is 5.95 Å². The number of amides is 1. The molecular formula is C24H15Cl3F3N7O2. The molecule has 39 heavy (non-hydrogen) atoms. The second-order valence-electron chi connectivity index (χ2n) is 8.12. The van der Waals surface area contributed by atoms with Crippen LogP contribution in [0.25, 0.3) is 16.9 Å². The number of halogens is 6. The normalized spacial score (nSPS) is 11.7. The highest BCUT2D eigenvalue weighted by Gasteiger charge is 2.37. The average molecular weight is 597 g/mol. The number of nitrogens with one attached hydrogen (secondary N) is 1. The molecular weight excluding hydrogens is 582 g/mol. The van der Waals surface area contributed by atoms with E-state index in [0.29, 0.717) is 25.9 Å². The molecule has 5 rings (SSSR count). The van der Waals surface area contributed by atoms with Crippen molar-refractivity contribution in [2.24, 2.45) is 0 Å². The topological polar surface area (TPSA) is 99.2 Å². The number of carbonyl (C=O) groups excluding carboxylic acids is 1. The first-order valence-corrected chi connectivity index (χ1v) is 12.1. The van der Waals surface area contributed by atoms with Crippen molar-refractivity contribution in [2.75, 3.05) is 12.4 Å². The zero-order valence-corrected chi connectivity index (χ0v) is 21.9. The van der Waals surface area contributed by atoms with E-state index < -0.39 is 23.5 Å². The molecule has 2 aromatic carbocycles. The Hall–Kier alpha value is -3.87. The number of carbonyl (C=O) groups is 1. The fourth-order valence-corrected chi connectivity index (χ4v) is 4.25. The van der Waals surface area contributed by atoms with Gasteiger partial charge >= 0.3 is 6.18 Å². The lowest BCUT2D eigenvalue weighted by Crippen LogP contribution is -2.16. The first-order valence-electron chi connectivity index (χ1n) is 11.0. The average Bonchev–Trinajstić information content (AvgIpc) is 3.48. The van der Waals surface area contributed by atoms with Gasteiger partial charge in [-0.3, -0.25) is 10.1 Å². The van der Waals surface area contributed by atoms with Crippen LogP contribution >= 0.6 is 34.8 Å². The van der Waals surface area contributed by atoms with E-state index in [1.54, 1.807) is 36.4 Å². The third kappa shape index (κ3) is 5.49. The van der Waals surface area contributed by atoms with Crippen molar-refractivity contribution in [3.8, 4) is 17.0 Å². The molecule has 200 valence electrons. The Morgan fingerprint density at radius 1 is 1.05 bits per heavy atom. The zero-order valence-electron chi connectivity index (χ0n) is 19.7. The van der Waals surface area contributed by atoms with Crippen LogP contribution in [0, 0.1) is 0 Å². The van der Waals surface area contributed by atoms with E-state index >= 15 is 0 Å². The number of rotatable bonds is 6. The predicted octanol–water partition coefficient (Wildman–Crippen LogP) is 6.28. The number of aromatic nitrogens is 6. The van der Waals surface area contributed by atoms with Crippen molar-refractivity contribution >= 4 is 52.3 Å². The highest BCUT2D eigenvalue weighted by Crippen LogP contribution is 2.35. The Labute approximate surface area is 233 Å². The first-order chi connectivity index (χ1) is 18.5. The Morgan fingerprint density at radius 3 is 2.56 bits per heavy atom. The number of fused-ring (bicyclic) bond motifs is 1. The third-order valence-corrected chi connectivity index (χ3v) is 6.58. The summed E-state index contributed by atoms with van der Waals surface area (Å²) in [6.07, 6.45) is -3.48. The fraction of sp³-hybridized carbons (Fsp3) is 0.125. The minimum atomic E-state index is -4.83. The molecule has 15 heteroatoms. The Kier molecular flexibility index (Phi) is 7.10. The minimum absolute atomic E-state index is 0.0369. The van der Waals surface area contributed by atoms with Gasteiger partial charge < -0.3 is 4.74 Å². The summed E-state index contributed by atoms with van der Waals surface area (Å²) >= 11 is 18.3. The van der Waals surface area contributed by atoms with Gasteiger partial charge in [-0.15, -0.1) is 5.10 Å². The number of ether oxygens (including phenoxy) is 1. The van der Waals surface area contributed by atoms with Crippen molar-refractivity contribution in [3.63, 3.8) is 0 Å². The van der Waals surface area contributed by atoms with Gasteiger partial charge in [0.25, 0.3) is 5.91 Å². The van der Waals surface area contributed by atoms with Crippen LogP contribution in [-0.4, -0.2) is 42.4 Å². The SMILES string of the molecule is COc1cccc(-c2cc(C(F)(F)F)n3nc(C(=O)Nc4ncn(Cc5ccc(Cl)c(Cl)c5)n4)c(Cl)c3n2)c1. The second-order valence-corrected chi connectivity index (χ2v) is 9.32. The Bertz CT molecular complexity index is 1720. The Morgan fingerprint density at radius 2 is 1.85 bits per heavy atom. The van der Waals surface area contributed by atoms with Gasteiger partial charge in [-0.05, 0) is 35.9 Å². The lowest BCUT2D eigenvalue weighted by Gasteiger charge is -2.11. The maximum Gasteiger partial charge on any atom is 0.433 e. The number of benzene rings is 2. The molecule has 3 heterocycles. The lowest BCUT2D eigenvalue weighted by molar-refractivity contribution is -0.142. The summed E-state index contributed by atoms with van der Waals surface area (Å²) in [6.45, 7) is 0.265. The smallest absolute Gasteiger partial charge is 0.433 e. The van der Waals surface area contributed by atoms with Crippen molar-refractivity contribution in [3.05, 3.63) is 86.9 Å². The number of hydrogen-bond acceptors (Lipinski definition) is 6. The van der Waals surface area contributed by atoms with Gasteiger partial charge in [0.15, 0.2) is 17.0 Å². The summed E-state index contributed by atoms with van der Waals surface area (Å²) in [7, 11) is 1.43. The van der Waals surface area contributed by atoms with E-state index in [2.05, 4.69) is 25.5 Å². The highest BCUT2D eigenvalue weighted by molar-refractivity contribution is 6.42. The summed E-state index contributed by atoms with van der Waals surface area (Å²) in [5.74, 6) is -0.614. The van der Waals surface area contributed by atoms with Crippen LogP contribution in [0.5, 0.6) is 5.75 Å². The molecule has 0 aliphatic rings. The molecule has 5 aromatic rings. The summed E-state index contributed by atoms with van der Waals surface area (Å²) in [5, 5.41) is 10.7. The quantitative estimate of drug-likeness (QED) is 0.248. The number of hydrogen-bond donors (Lipinski definition) is 1. The van der Waals surface area contributed by atoms with Crippen LogP contribution in [0.15, 0.2) is 54.9 Å². The van der Waals surface area contributed by atoms with Crippen molar-refractivity contribution in [2.45, 2.75) is 12.7 Å². The molecule has 9 nitrogen and oxygen atoms in total. The summed E-state index contributed by atoms with van der Waals surface area (Å²) < 4.78 is 49.0. The standard InChI is InChI=1S/C24H15Cl3F3N7O2/c1-39-14-4-2-3-13(8-14)17-9-18(24(28,29)30)37-21(32-17)19(27)20(34-37)22(38)33-23-31-11-36(35-23)10-12-5-6-15(25)16(26)7-12/h2-9,11H,10H2,1H3,(H,33,35,38). The lowest BCUT2D eigenvalue weighted by atomic mass is 10.1. The molecule has 0 fully saturated rings. The van der Waals surface area contributed by atoms with E-state index in [1.165, 1.54) is 24.2 Å². The van der Waals surface area contributed by atoms with Crippen LogP contribution in [0.1, 0.15) is 21.7 Å². The van der Waals surface area contributed by atoms with E-state index in [9.17, 15) is 18.0 Å². The predicted molar refractivity (Wildman–Crippen MR) is 139 cm³/mol. The number of nitrogens with zero attached hydrogens (tertiary/aromatic N) is 6. The molecule has 0 aliphatic carbocycles. The van der Waals surface area contributed by atoms with Gasteiger partial charge in [-0.25, -0.2) is 19.2 Å². The molecule has 0 atom stereocenters. The molecule has 0 spiro atoms. The van der Waals surface area contributed by atoms with Gasteiger partial charge in [0.1, 0.15) is 17.1 Å². The highest BCUT2D eigenvalue weighted by atomic mass is 35.5. The van der Waals surface area contributed by atoms with Crippen LogP contribution in [0.4, 0.5) is 19.1 Å². The largest absolute Gasteiger partial charge is 0.497 e. The molecule has 0 unspecified atom stereocenters. The third-order valence-electron chi connectivity index (χ3n) is 5.49. The van der Waals surface area contributed by atoms with E-state index in [1.807, 2.05) is 0 Å². The van der Waals surface area contributed by atoms with Gasteiger partial charge in [-0.2, -0.15) is 18.3 Å². The van der Waals surface area contributed by atoms with Crippen LogP contribution in [-0.2, 0) is 12.7 Å². The van der Waals surface area contributed by atoms with Crippen molar-refractivity contribution in [1.82, 2.24) is 29.4 Å². The Balaban J connectivity index is 1.46. The summed E-state index contributed by atoms with van der Waals surface area (Å²) in [5.41, 5.74) is -0.929. The molecule has 0 saturated carbocycles. The van der Waals surface area contributed by atoms with Crippen molar-refractivity contribution in [1.29, 1.82) is 0 Å². The number of methoxy groups -OCH3 is 1. The van der Waals surface area contributed by atoms with E-state index in [4.69, 9.17) is 39.5 Å². The minimum Gasteiger partial charge on any atom is -0.497 e. The van der Waals surface area contributed by atoms with Crippen molar-refractivity contribution < 1.29 is 22.7 Å². The zero-order chi connectivity index (χ0) is 27.9. The van der Waals surface area contributed by atoms with Crippen LogP contribution in [0.2, 0.25) is 15.1 Å². The van der Waals surface area contributed by atoms with E-state index in [-0.39, 0.29) is 28.9 Å². The number of alkyl halides is 3. The number of anilines is 1. The van der Waals surface area contributed by atoms with Gasteiger partial charge in [0, 0.05) is 5.56 Å². The summed E-state index contributed by atoms with van der Waals surface area (Å²) in [4.78, 5) is 21.2. The van der Waals surface area contributed by atoms with E-state index in [0.717, 1.165) is 11.6 Å². The first kappa shape index (κ1) is 26.7. The van der Waals surface area contributed by atoms with Gasteiger partial charge in [0.05, 0.1) is 29.4 Å². The molecule has 1 amide bonds.